The first-order valence-corrected chi connectivity index (χ1v) is 10.6. The van der Waals surface area contributed by atoms with E-state index in [-0.39, 0.29) is 12.5 Å². The van der Waals surface area contributed by atoms with E-state index in [1.165, 1.54) is 4.90 Å². The minimum Gasteiger partial charge on any atom is -0.480 e. The van der Waals surface area contributed by atoms with Gasteiger partial charge in [0.15, 0.2) is 0 Å². The Labute approximate surface area is 182 Å². The summed E-state index contributed by atoms with van der Waals surface area (Å²) in [6, 6.07) is 15.8. The Hall–Kier alpha value is -3.19. The van der Waals surface area contributed by atoms with Gasteiger partial charge < -0.3 is 9.84 Å². The molecule has 0 aromatic heterocycles. The van der Waals surface area contributed by atoms with Crippen molar-refractivity contribution in [3.8, 4) is 0 Å². The highest BCUT2D eigenvalue weighted by atomic mass is 16.5. The molecule has 7 heteroatoms. The van der Waals surface area contributed by atoms with Gasteiger partial charge in [-0.3, -0.25) is 24.6 Å². The van der Waals surface area contributed by atoms with E-state index in [0.29, 0.717) is 31.4 Å². The molecule has 0 fully saturated rings. The zero-order chi connectivity index (χ0) is 22.2. The molecule has 0 unspecified atom stereocenters. The Morgan fingerprint density at radius 2 is 1.87 bits per heavy atom. The molecule has 0 spiro atoms. The number of anilines is 1. The molecule has 1 heterocycles. The van der Waals surface area contributed by atoms with Gasteiger partial charge in [0.2, 0.25) is 5.91 Å². The van der Waals surface area contributed by atoms with E-state index in [2.05, 4.69) is 5.32 Å². The second kappa shape index (κ2) is 10.7. The minimum absolute atomic E-state index is 0.248. The number of benzene rings is 2. The topological polar surface area (TPSA) is 95.9 Å². The second-order valence-electron chi connectivity index (χ2n) is 7.53. The molecule has 2 aromatic rings. The summed E-state index contributed by atoms with van der Waals surface area (Å²) in [5, 5.41) is 12.5. The number of aryl methyl sites for hydroxylation is 2. The molecule has 1 amide bonds. The maximum Gasteiger partial charge on any atom is 0.323 e. The number of hydrogen-bond donors (Lipinski definition) is 2. The summed E-state index contributed by atoms with van der Waals surface area (Å²) >= 11 is 0. The summed E-state index contributed by atoms with van der Waals surface area (Å²) in [6.45, 7) is 1.56. The molecule has 2 aromatic carbocycles. The number of nitrogens with zero attached hydrogens (tertiary/aromatic N) is 1. The van der Waals surface area contributed by atoms with E-state index in [9.17, 15) is 19.5 Å². The quantitative estimate of drug-likeness (QED) is 0.601. The van der Waals surface area contributed by atoms with Gasteiger partial charge in [0, 0.05) is 5.69 Å². The van der Waals surface area contributed by atoms with Gasteiger partial charge in [-0.25, -0.2) is 0 Å². The second-order valence-corrected chi connectivity index (χ2v) is 7.53. The Kier molecular flexibility index (Phi) is 7.78. The summed E-state index contributed by atoms with van der Waals surface area (Å²) in [4.78, 5) is 38.6. The van der Waals surface area contributed by atoms with Crippen LogP contribution < -0.4 is 10.2 Å². The van der Waals surface area contributed by atoms with E-state index in [0.717, 1.165) is 11.1 Å². The van der Waals surface area contributed by atoms with Gasteiger partial charge in [0.25, 0.3) is 0 Å². The lowest BCUT2D eigenvalue weighted by atomic mass is 10.0. The molecule has 0 saturated carbocycles. The van der Waals surface area contributed by atoms with Crippen LogP contribution in [-0.2, 0) is 32.0 Å². The van der Waals surface area contributed by atoms with Crippen LogP contribution in [0, 0.1) is 0 Å². The number of aliphatic carboxylic acids is 1. The number of carbonyl (C=O) groups excluding carboxylic acids is 2. The van der Waals surface area contributed by atoms with E-state index in [4.69, 9.17) is 4.74 Å². The normalized spacial score (nSPS) is 16.9. The van der Waals surface area contributed by atoms with E-state index in [1.807, 2.05) is 42.5 Å². The van der Waals surface area contributed by atoms with Crippen molar-refractivity contribution in [1.29, 1.82) is 0 Å². The molecule has 31 heavy (non-hydrogen) atoms. The van der Waals surface area contributed by atoms with Crippen molar-refractivity contribution in [2.45, 2.75) is 44.7 Å². The van der Waals surface area contributed by atoms with Crippen LogP contribution in [0.25, 0.3) is 0 Å². The lowest BCUT2D eigenvalue weighted by Gasteiger charge is -2.27. The van der Waals surface area contributed by atoms with Gasteiger partial charge in [-0.05, 0) is 49.8 Å². The van der Waals surface area contributed by atoms with Crippen molar-refractivity contribution in [3.63, 3.8) is 0 Å². The number of carboxylic acids is 1. The maximum absolute atomic E-state index is 13.3. The Balaban J connectivity index is 1.79. The zero-order valence-electron chi connectivity index (χ0n) is 17.6. The van der Waals surface area contributed by atoms with Gasteiger partial charge in [0.1, 0.15) is 12.6 Å². The average molecular weight is 424 g/mol. The predicted octanol–water partition coefficient (Wildman–Crippen LogP) is 2.57. The number of hydrogen-bond acceptors (Lipinski definition) is 5. The number of ether oxygens (including phenoxy) is 1. The molecule has 0 aliphatic carbocycles. The van der Waals surface area contributed by atoms with Crippen molar-refractivity contribution in [2.75, 3.05) is 18.1 Å². The summed E-state index contributed by atoms with van der Waals surface area (Å²) in [7, 11) is 0. The van der Waals surface area contributed by atoms with E-state index >= 15 is 0 Å². The number of para-hydroxylation sites is 1. The fourth-order valence-corrected chi connectivity index (χ4v) is 3.88. The molecular weight excluding hydrogens is 396 g/mol. The van der Waals surface area contributed by atoms with Gasteiger partial charge in [-0.2, -0.15) is 0 Å². The van der Waals surface area contributed by atoms with Crippen LogP contribution in [0.1, 0.15) is 30.9 Å². The largest absolute Gasteiger partial charge is 0.480 e. The lowest BCUT2D eigenvalue weighted by molar-refractivity contribution is -0.146. The first-order valence-electron chi connectivity index (χ1n) is 10.6. The Bertz CT molecular complexity index is 915. The molecule has 1 aliphatic rings. The van der Waals surface area contributed by atoms with Crippen molar-refractivity contribution in [1.82, 2.24) is 5.32 Å². The molecule has 2 N–H and O–H groups in total. The van der Waals surface area contributed by atoms with Crippen LogP contribution in [-0.4, -0.2) is 48.2 Å². The van der Waals surface area contributed by atoms with Crippen molar-refractivity contribution in [2.24, 2.45) is 0 Å². The van der Waals surface area contributed by atoms with Crippen LogP contribution in [0.3, 0.4) is 0 Å². The highest BCUT2D eigenvalue weighted by molar-refractivity contribution is 6.02. The third kappa shape index (κ3) is 5.92. The fraction of sp³-hybridized carbons (Fsp3) is 0.375. The first kappa shape index (κ1) is 22.5. The standard InChI is InChI=1S/C24H28N2O5/c1-2-31-24(30)20(14-12-17-8-4-3-5-9-17)25-19-15-13-18-10-6-7-11-21(18)26(23(19)29)16-22(27)28/h3-11,19-20,25H,2,12-16H2,1H3,(H,27,28)/t19-,20+/m1/s1. The molecule has 0 bridgehead atoms. The minimum atomic E-state index is -1.09. The highest BCUT2D eigenvalue weighted by Gasteiger charge is 2.34. The molecule has 1 aliphatic heterocycles. The molecule has 0 saturated heterocycles. The maximum atomic E-state index is 13.3. The zero-order valence-corrected chi connectivity index (χ0v) is 17.6. The van der Waals surface area contributed by atoms with Gasteiger partial charge in [-0.1, -0.05) is 48.5 Å². The molecule has 164 valence electrons. The third-order valence-corrected chi connectivity index (χ3v) is 5.38. The number of carboxylic acid groups (broad SMARTS) is 1. The molecular formula is C24H28N2O5. The summed E-state index contributed by atoms with van der Waals surface area (Å²) in [5.41, 5.74) is 2.61. The van der Waals surface area contributed by atoms with Crippen LogP contribution >= 0.6 is 0 Å². The highest BCUT2D eigenvalue weighted by Crippen LogP contribution is 2.27. The number of carbonyl (C=O) groups is 3. The van der Waals surface area contributed by atoms with E-state index < -0.39 is 30.6 Å². The van der Waals surface area contributed by atoms with Crippen LogP contribution in [0.5, 0.6) is 0 Å². The van der Waals surface area contributed by atoms with Crippen molar-refractivity contribution in [3.05, 3.63) is 65.7 Å². The number of amides is 1. The molecule has 0 radical (unpaired) electrons. The van der Waals surface area contributed by atoms with Gasteiger partial charge in [0.05, 0.1) is 12.6 Å². The average Bonchev–Trinajstić information content (AvgIpc) is 2.89. The van der Waals surface area contributed by atoms with Gasteiger partial charge >= 0.3 is 11.9 Å². The van der Waals surface area contributed by atoms with Crippen LogP contribution in [0.4, 0.5) is 5.69 Å². The SMILES string of the molecule is CCOC(=O)[C@H](CCc1ccccc1)N[C@@H]1CCc2ccccc2N(CC(=O)O)C1=O. The first-order chi connectivity index (χ1) is 15.0. The number of nitrogens with one attached hydrogen (secondary N) is 1. The summed E-state index contributed by atoms with van der Waals surface area (Å²) < 4.78 is 5.23. The summed E-state index contributed by atoms with van der Waals surface area (Å²) in [6.07, 6.45) is 2.19. The van der Waals surface area contributed by atoms with Crippen LogP contribution in [0.2, 0.25) is 0 Å². The summed E-state index contributed by atoms with van der Waals surface area (Å²) in [5.74, 6) is -1.84. The number of fused-ring (bicyclic) bond motifs is 1. The third-order valence-electron chi connectivity index (χ3n) is 5.38. The van der Waals surface area contributed by atoms with Crippen molar-refractivity contribution >= 4 is 23.5 Å². The Morgan fingerprint density at radius 3 is 2.58 bits per heavy atom. The number of esters is 1. The van der Waals surface area contributed by atoms with E-state index in [1.54, 1.807) is 19.1 Å². The lowest BCUT2D eigenvalue weighted by Crippen LogP contribution is -2.53. The smallest absolute Gasteiger partial charge is 0.323 e. The van der Waals surface area contributed by atoms with Crippen molar-refractivity contribution < 1.29 is 24.2 Å². The molecule has 7 nitrogen and oxygen atoms in total. The number of rotatable bonds is 9. The van der Waals surface area contributed by atoms with Gasteiger partial charge in [-0.15, -0.1) is 0 Å². The fourth-order valence-electron chi connectivity index (χ4n) is 3.88. The monoisotopic (exact) mass is 424 g/mol. The Morgan fingerprint density at radius 1 is 1.16 bits per heavy atom. The van der Waals surface area contributed by atoms with Crippen LogP contribution in [0.15, 0.2) is 54.6 Å². The molecule has 3 rings (SSSR count). The predicted molar refractivity (Wildman–Crippen MR) is 117 cm³/mol. The molecule has 2 atom stereocenters.